The summed E-state index contributed by atoms with van der Waals surface area (Å²) >= 11 is 0. The van der Waals surface area contributed by atoms with Crippen molar-refractivity contribution in [1.29, 1.82) is 0 Å². The summed E-state index contributed by atoms with van der Waals surface area (Å²) in [4.78, 5) is 33.5. The number of primary amides is 1. The van der Waals surface area contributed by atoms with Gasteiger partial charge in [-0.15, -0.1) is 0 Å². The summed E-state index contributed by atoms with van der Waals surface area (Å²) in [5, 5.41) is 5.39. The van der Waals surface area contributed by atoms with Crippen LogP contribution < -0.4 is 16.4 Å². The van der Waals surface area contributed by atoms with Gasteiger partial charge in [-0.05, 0) is 31.5 Å². The molecule has 4 N–H and O–H groups in total. The number of benzene rings is 1. The molecule has 0 atom stereocenters. The number of nitrogens with one attached hydrogen (secondary N) is 2. The molecule has 3 amide bonds. The van der Waals surface area contributed by atoms with Crippen LogP contribution in [0.25, 0.3) is 0 Å². The molecule has 0 saturated heterocycles. The quantitative estimate of drug-likeness (QED) is 0.664. The minimum Gasteiger partial charge on any atom is -0.452 e. The largest absolute Gasteiger partial charge is 0.452 e. The molecule has 1 aromatic carbocycles. The van der Waals surface area contributed by atoms with Gasteiger partial charge in [0.2, 0.25) is 0 Å². The van der Waals surface area contributed by atoms with Gasteiger partial charge in [0.1, 0.15) is 0 Å². The lowest BCUT2D eigenvalue weighted by Crippen LogP contribution is -2.39. The fourth-order valence-electron chi connectivity index (χ4n) is 1.47. The number of hydrogen-bond acceptors (Lipinski definition) is 4. The highest BCUT2D eigenvalue weighted by molar-refractivity contribution is 5.91. The van der Waals surface area contributed by atoms with E-state index in [4.69, 9.17) is 5.73 Å². The van der Waals surface area contributed by atoms with Gasteiger partial charge in [0, 0.05) is 12.6 Å². The third kappa shape index (κ3) is 6.42. The van der Waals surface area contributed by atoms with E-state index >= 15 is 0 Å². The van der Waals surface area contributed by atoms with E-state index in [1.54, 1.807) is 24.3 Å². The summed E-state index contributed by atoms with van der Waals surface area (Å²) in [6, 6.07) is 6.30. The molecule has 7 heteroatoms. The van der Waals surface area contributed by atoms with Crippen molar-refractivity contribution in [3.8, 4) is 0 Å². The van der Waals surface area contributed by atoms with Gasteiger partial charge in [-0.1, -0.05) is 12.1 Å². The summed E-state index contributed by atoms with van der Waals surface area (Å²) < 4.78 is 4.68. The SMILES string of the molecule is CC(C)NC(=O)NCc1ccc(C(=O)OCC(N)=O)cc1. The number of ether oxygens (including phenoxy) is 1. The van der Waals surface area contributed by atoms with Crippen molar-refractivity contribution in [2.24, 2.45) is 5.73 Å². The minimum absolute atomic E-state index is 0.0624. The minimum atomic E-state index is -0.708. The first-order valence-electron chi connectivity index (χ1n) is 6.47. The highest BCUT2D eigenvalue weighted by Crippen LogP contribution is 2.06. The molecule has 0 heterocycles. The summed E-state index contributed by atoms with van der Waals surface area (Å²) in [6.45, 7) is 3.63. The maximum absolute atomic E-state index is 11.5. The van der Waals surface area contributed by atoms with Crippen LogP contribution in [0.2, 0.25) is 0 Å². The van der Waals surface area contributed by atoms with Crippen molar-refractivity contribution < 1.29 is 19.1 Å². The molecular formula is C14H19N3O4. The second-order valence-electron chi connectivity index (χ2n) is 4.72. The van der Waals surface area contributed by atoms with E-state index in [0.717, 1.165) is 5.56 Å². The Morgan fingerprint density at radius 2 is 1.81 bits per heavy atom. The Morgan fingerprint density at radius 1 is 1.19 bits per heavy atom. The molecule has 114 valence electrons. The normalized spacial score (nSPS) is 10.0. The number of nitrogens with two attached hydrogens (primary N) is 1. The van der Waals surface area contributed by atoms with Gasteiger partial charge >= 0.3 is 12.0 Å². The Kier molecular flexibility index (Phi) is 6.19. The molecule has 0 fully saturated rings. The zero-order valence-corrected chi connectivity index (χ0v) is 12.0. The number of esters is 1. The summed E-state index contributed by atoms with van der Waals surface area (Å²) in [7, 11) is 0. The summed E-state index contributed by atoms with van der Waals surface area (Å²) in [6.07, 6.45) is 0. The molecule has 0 spiro atoms. The second-order valence-corrected chi connectivity index (χ2v) is 4.72. The van der Waals surface area contributed by atoms with Crippen molar-refractivity contribution in [3.05, 3.63) is 35.4 Å². The Morgan fingerprint density at radius 3 is 2.33 bits per heavy atom. The molecule has 1 aromatic rings. The van der Waals surface area contributed by atoms with Crippen LogP contribution in [-0.2, 0) is 16.1 Å². The lowest BCUT2D eigenvalue weighted by Gasteiger charge is -2.10. The fourth-order valence-corrected chi connectivity index (χ4v) is 1.47. The highest BCUT2D eigenvalue weighted by atomic mass is 16.5. The van der Waals surface area contributed by atoms with Gasteiger partial charge in [-0.3, -0.25) is 4.79 Å². The van der Waals surface area contributed by atoms with E-state index in [1.165, 1.54) is 0 Å². The first-order chi connectivity index (χ1) is 9.88. The van der Waals surface area contributed by atoms with Crippen molar-refractivity contribution in [3.63, 3.8) is 0 Å². The van der Waals surface area contributed by atoms with Crippen molar-refractivity contribution in [2.45, 2.75) is 26.4 Å². The molecule has 0 unspecified atom stereocenters. The lowest BCUT2D eigenvalue weighted by atomic mass is 10.1. The van der Waals surface area contributed by atoms with Crippen LogP contribution >= 0.6 is 0 Å². The topological polar surface area (TPSA) is 111 Å². The molecule has 0 radical (unpaired) electrons. The molecular weight excluding hydrogens is 274 g/mol. The molecule has 0 aliphatic heterocycles. The van der Waals surface area contributed by atoms with E-state index in [-0.39, 0.29) is 12.1 Å². The van der Waals surface area contributed by atoms with Crippen LogP contribution in [-0.4, -0.2) is 30.6 Å². The molecule has 0 saturated carbocycles. The van der Waals surface area contributed by atoms with E-state index in [1.807, 2.05) is 13.8 Å². The molecule has 0 aliphatic carbocycles. The number of rotatable bonds is 6. The fraction of sp³-hybridized carbons (Fsp3) is 0.357. The average molecular weight is 293 g/mol. The van der Waals surface area contributed by atoms with Crippen LogP contribution in [0.5, 0.6) is 0 Å². The maximum Gasteiger partial charge on any atom is 0.338 e. The van der Waals surface area contributed by atoms with E-state index in [9.17, 15) is 14.4 Å². The zero-order chi connectivity index (χ0) is 15.8. The zero-order valence-electron chi connectivity index (χ0n) is 12.0. The number of urea groups is 1. The molecule has 0 aliphatic rings. The number of carbonyl (C=O) groups excluding carboxylic acids is 3. The predicted molar refractivity (Wildman–Crippen MR) is 76.4 cm³/mol. The summed E-state index contributed by atoms with van der Waals surface area (Å²) in [5.41, 5.74) is 6.03. The van der Waals surface area contributed by atoms with Gasteiger partial charge < -0.3 is 21.1 Å². The Labute approximate surface area is 122 Å². The van der Waals surface area contributed by atoms with Gasteiger partial charge in [0.15, 0.2) is 6.61 Å². The standard InChI is InChI=1S/C14H19N3O4/c1-9(2)17-14(20)16-7-10-3-5-11(6-4-10)13(19)21-8-12(15)18/h3-6,9H,7-8H2,1-2H3,(H2,15,18)(H2,16,17,20). The molecule has 7 nitrogen and oxygen atoms in total. The van der Waals surface area contributed by atoms with Gasteiger partial charge in [0.25, 0.3) is 5.91 Å². The van der Waals surface area contributed by atoms with Gasteiger partial charge in [-0.2, -0.15) is 0 Å². The smallest absolute Gasteiger partial charge is 0.338 e. The number of amides is 3. The molecule has 1 rings (SSSR count). The van der Waals surface area contributed by atoms with E-state index < -0.39 is 18.5 Å². The average Bonchev–Trinajstić information content (AvgIpc) is 2.42. The summed E-state index contributed by atoms with van der Waals surface area (Å²) in [5.74, 6) is -1.33. The first kappa shape index (κ1) is 16.5. The Bertz CT molecular complexity index is 511. The van der Waals surface area contributed by atoms with Crippen LogP contribution in [0.15, 0.2) is 24.3 Å². The predicted octanol–water partition coefficient (Wildman–Crippen LogP) is 0.536. The van der Waals surface area contributed by atoms with Crippen molar-refractivity contribution >= 4 is 17.9 Å². The third-order valence-corrected chi connectivity index (χ3v) is 2.41. The number of carbonyl (C=O) groups is 3. The number of hydrogen-bond donors (Lipinski definition) is 3. The van der Waals surface area contributed by atoms with Gasteiger partial charge in [0.05, 0.1) is 5.56 Å². The Balaban J connectivity index is 2.48. The monoisotopic (exact) mass is 293 g/mol. The highest BCUT2D eigenvalue weighted by Gasteiger charge is 2.08. The van der Waals surface area contributed by atoms with Crippen molar-refractivity contribution in [1.82, 2.24) is 10.6 Å². The maximum atomic E-state index is 11.5. The Hall–Kier alpha value is -2.57. The van der Waals surface area contributed by atoms with Gasteiger partial charge in [-0.25, -0.2) is 9.59 Å². The van der Waals surface area contributed by atoms with Crippen LogP contribution in [0.1, 0.15) is 29.8 Å². The van der Waals surface area contributed by atoms with Crippen LogP contribution in [0.3, 0.4) is 0 Å². The van der Waals surface area contributed by atoms with E-state index in [2.05, 4.69) is 15.4 Å². The lowest BCUT2D eigenvalue weighted by molar-refractivity contribution is -0.121. The van der Waals surface area contributed by atoms with Crippen molar-refractivity contribution in [2.75, 3.05) is 6.61 Å². The molecule has 21 heavy (non-hydrogen) atoms. The second kappa shape index (κ2) is 7.88. The van der Waals surface area contributed by atoms with E-state index in [0.29, 0.717) is 12.1 Å². The first-order valence-corrected chi connectivity index (χ1v) is 6.47. The third-order valence-electron chi connectivity index (χ3n) is 2.41. The molecule has 0 bridgehead atoms. The molecule has 0 aromatic heterocycles. The van der Waals surface area contributed by atoms with Crippen LogP contribution in [0.4, 0.5) is 4.79 Å². The van der Waals surface area contributed by atoms with Crippen LogP contribution in [0, 0.1) is 0 Å².